The number of para-hydroxylation sites is 1. The summed E-state index contributed by atoms with van der Waals surface area (Å²) in [6, 6.07) is 15.5. The van der Waals surface area contributed by atoms with Crippen LogP contribution < -0.4 is 24.8 Å². The van der Waals surface area contributed by atoms with Crippen LogP contribution in [-0.4, -0.2) is 39.4 Å². The fourth-order valence-corrected chi connectivity index (χ4v) is 2.41. The minimum Gasteiger partial charge on any atom is -0.492 e. The van der Waals surface area contributed by atoms with Gasteiger partial charge >= 0.3 is 0 Å². The lowest BCUT2D eigenvalue weighted by atomic mass is 10.3. The van der Waals surface area contributed by atoms with Crippen molar-refractivity contribution >= 4 is 35.6 Å². The molecule has 2 N–H and O–H groups in total. The Morgan fingerprint density at radius 3 is 2.62 bits per heavy atom. The Hall–Kier alpha value is -2.16. The summed E-state index contributed by atoms with van der Waals surface area (Å²) in [5, 5.41) is 6.47. The van der Waals surface area contributed by atoms with E-state index < -0.39 is 0 Å². The van der Waals surface area contributed by atoms with Gasteiger partial charge in [-0.1, -0.05) is 18.2 Å². The van der Waals surface area contributed by atoms with E-state index in [0.29, 0.717) is 32.3 Å². The molecule has 0 saturated carbocycles. The van der Waals surface area contributed by atoms with Crippen LogP contribution >= 0.6 is 24.0 Å². The molecule has 0 fully saturated rings. The lowest BCUT2D eigenvalue weighted by molar-refractivity contribution is 0.297. The van der Waals surface area contributed by atoms with Crippen molar-refractivity contribution in [3.8, 4) is 17.2 Å². The maximum atomic E-state index is 5.71. The highest BCUT2D eigenvalue weighted by Gasteiger charge is 2.11. The van der Waals surface area contributed by atoms with Crippen molar-refractivity contribution in [1.82, 2.24) is 5.32 Å². The van der Waals surface area contributed by atoms with Gasteiger partial charge in [-0.05, 0) is 24.3 Å². The quantitative estimate of drug-likeness (QED) is 0.304. The number of benzene rings is 2. The molecule has 1 aliphatic rings. The molecule has 6 nitrogen and oxygen atoms in total. The predicted molar refractivity (Wildman–Crippen MR) is 114 cm³/mol. The van der Waals surface area contributed by atoms with Gasteiger partial charge in [-0.25, -0.2) is 0 Å². The largest absolute Gasteiger partial charge is 0.492 e. The molecule has 7 heteroatoms. The summed E-state index contributed by atoms with van der Waals surface area (Å²) in [5.41, 5.74) is 0.890. The van der Waals surface area contributed by atoms with Gasteiger partial charge in [0.05, 0.1) is 19.8 Å². The van der Waals surface area contributed by atoms with E-state index in [0.717, 1.165) is 29.4 Å². The minimum absolute atomic E-state index is 0. The van der Waals surface area contributed by atoms with E-state index in [1.165, 1.54) is 0 Å². The van der Waals surface area contributed by atoms with Crippen LogP contribution in [0.4, 0.5) is 5.69 Å². The first kappa shape index (κ1) is 20.2. The zero-order chi connectivity index (χ0) is 17.3. The van der Waals surface area contributed by atoms with Crippen LogP contribution in [0.5, 0.6) is 17.2 Å². The average molecular weight is 469 g/mol. The van der Waals surface area contributed by atoms with Crippen molar-refractivity contribution in [3.63, 3.8) is 0 Å². The standard InChI is InChI=1S/C19H23N3O3.HI/c1-20-19(21-10-13-23-16-6-3-2-4-7-16)22-15-8-9-17-18(14-15)25-12-5-11-24-17;/h2-4,6-9,14H,5,10-13H2,1H3,(H2,20,21,22);1H. The first-order valence-electron chi connectivity index (χ1n) is 8.40. The molecule has 3 rings (SSSR count). The first-order chi connectivity index (χ1) is 12.3. The van der Waals surface area contributed by atoms with Crippen LogP contribution in [0.25, 0.3) is 0 Å². The molecule has 140 valence electrons. The number of rotatable bonds is 5. The Balaban J connectivity index is 0.00000243. The van der Waals surface area contributed by atoms with E-state index >= 15 is 0 Å². The highest BCUT2D eigenvalue weighted by atomic mass is 127. The summed E-state index contributed by atoms with van der Waals surface area (Å²) in [6.45, 7) is 2.54. The number of fused-ring (bicyclic) bond motifs is 1. The molecule has 1 aliphatic heterocycles. The fraction of sp³-hybridized carbons (Fsp3) is 0.316. The molecule has 0 atom stereocenters. The third-order valence-electron chi connectivity index (χ3n) is 3.64. The van der Waals surface area contributed by atoms with Gasteiger partial charge in [0.2, 0.25) is 0 Å². The van der Waals surface area contributed by atoms with E-state index in [4.69, 9.17) is 14.2 Å². The third kappa shape index (κ3) is 5.98. The molecule has 26 heavy (non-hydrogen) atoms. The van der Waals surface area contributed by atoms with Gasteiger partial charge in [0.25, 0.3) is 0 Å². The maximum absolute atomic E-state index is 5.71. The van der Waals surface area contributed by atoms with Crippen LogP contribution in [0.1, 0.15) is 6.42 Å². The zero-order valence-electron chi connectivity index (χ0n) is 14.7. The smallest absolute Gasteiger partial charge is 0.195 e. The number of nitrogens with one attached hydrogen (secondary N) is 2. The van der Waals surface area contributed by atoms with Gasteiger partial charge in [0, 0.05) is 25.2 Å². The fourth-order valence-electron chi connectivity index (χ4n) is 2.41. The number of halogens is 1. The van der Waals surface area contributed by atoms with Gasteiger partial charge in [0.1, 0.15) is 12.4 Å². The molecule has 2 aromatic rings. The van der Waals surface area contributed by atoms with Crippen molar-refractivity contribution in [1.29, 1.82) is 0 Å². The Morgan fingerprint density at radius 2 is 1.85 bits per heavy atom. The van der Waals surface area contributed by atoms with Gasteiger partial charge in [-0.3, -0.25) is 4.99 Å². The van der Waals surface area contributed by atoms with Crippen molar-refractivity contribution in [2.75, 3.05) is 38.7 Å². The van der Waals surface area contributed by atoms with Gasteiger partial charge < -0.3 is 24.8 Å². The Morgan fingerprint density at radius 1 is 1.08 bits per heavy atom. The third-order valence-corrected chi connectivity index (χ3v) is 3.64. The van der Waals surface area contributed by atoms with E-state index in [2.05, 4.69) is 15.6 Å². The van der Waals surface area contributed by atoms with Gasteiger partial charge in [-0.2, -0.15) is 0 Å². The maximum Gasteiger partial charge on any atom is 0.195 e. The average Bonchev–Trinajstić information content (AvgIpc) is 2.90. The number of hydrogen-bond donors (Lipinski definition) is 2. The summed E-state index contributed by atoms with van der Waals surface area (Å²) < 4.78 is 17.0. The number of anilines is 1. The molecule has 0 radical (unpaired) electrons. The lowest BCUT2D eigenvalue weighted by Gasteiger charge is -2.14. The van der Waals surface area contributed by atoms with Crippen LogP contribution in [0.2, 0.25) is 0 Å². The van der Waals surface area contributed by atoms with Crippen LogP contribution in [0.15, 0.2) is 53.5 Å². The Bertz CT molecular complexity index is 710. The molecule has 1 heterocycles. The molecular weight excluding hydrogens is 445 g/mol. The molecular formula is C19H24IN3O3. The Labute approximate surface area is 171 Å². The van der Waals surface area contributed by atoms with Crippen LogP contribution in [0.3, 0.4) is 0 Å². The summed E-state index contributed by atoms with van der Waals surface area (Å²) in [7, 11) is 1.73. The van der Waals surface area contributed by atoms with E-state index in [1.54, 1.807) is 7.05 Å². The summed E-state index contributed by atoms with van der Waals surface area (Å²) in [4.78, 5) is 4.23. The van der Waals surface area contributed by atoms with E-state index in [9.17, 15) is 0 Å². The molecule has 0 aliphatic carbocycles. The molecule has 0 amide bonds. The second-order valence-electron chi connectivity index (χ2n) is 5.50. The normalized spacial score (nSPS) is 13.2. The van der Waals surface area contributed by atoms with Crippen molar-refractivity contribution < 1.29 is 14.2 Å². The monoisotopic (exact) mass is 469 g/mol. The van der Waals surface area contributed by atoms with E-state index in [1.807, 2.05) is 48.5 Å². The number of ether oxygens (including phenoxy) is 3. The second-order valence-corrected chi connectivity index (χ2v) is 5.50. The lowest BCUT2D eigenvalue weighted by Crippen LogP contribution is -2.33. The number of aliphatic imine (C=N–C) groups is 1. The topological polar surface area (TPSA) is 64.1 Å². The number of guanidine groups is 1. The molecule has 0 aromatic heterocycles. The van der Waals surface area contributed by atoms with Gasteiger partial charge in [0.15, 0.2) is 17.5 Å². The number of nitrogens with zero attached hydrogens (tertiary/aromatic N) is 1. The Kier molecular flexibility index (Phi) is 8.33. The van der Waals surface area contributed by atoms with Crippen LogP contribution in [-0.2, 0) is 0 Å². The second kappa shape index (κ2) is 10.7. The minimum atomic E-state index is 0. The van der Waals surface area contributed by atoms with Crippen molar-refractivity contribution in [2.45, 2.75) is 6.42 Å². The van der Waals surface area contributed by atoms with E-state index in [-0.39, 0.29) is 24.0 Å². The molecule has 0 bridgehead atoms. The molecule has 0 saturated heterocycles. The summed E-state index contributed by atoms with van der Waals surface area (Å²) in [5.74, 6) is 3.06. The SMILES string of the molecule is CN=C(NCCOc1ccccc1)Nc1ccc2c(c1)OCCCO2.I. The molecule has 2 aromatic carbocycles. The highest BCUT2D eigenvalue weighted by Crippen LogP contribution is 2.32. The summed E-state index contributed by atoms with van der Waals surface area (Å²) in [6.07, 6.45) is 0.891. The molecule has 0 spiro atoms. The molecule has 0 unspecified atom stereocenters. The van der Waals surface area contributed by atoms with Crippen LogP contribution in [0, 0.1) is 0 Å². The first-order valence-corrected chi connectivity index (χ1v) is 8.40. The summed E-state index contributed by atoms with van der Waals surface area (Å²) >= 11 is 0. The zero-order valence-corrected chi connectivity index (χ0v) is 17.1. The van der Waals surface area contributed by atoms with Crippen molar-refractivity contribution in [3.05, 3.63) is 48.5 Å². The van der Waals surface area contributed by atoms with Gasteiger partial charge in [-0.15, -0.1) is 24.0 Å². The predicted octanol–water partition coefficient (Wildman–Crippen LogP) is 3.53. The highest BCUT2D eigenvalue weighted by molar-refractivity contribution is 14.0. The van der Waals surface area contributed by atoms with Crippen molar-refractivity contribution in [2.24, 2.45) is 4.99 Å². The number of hydrogen-bond acceptors (Lipinski definition) is 4.